The van der Waals surface area contributed by atoms with Crippen LogP contribution < -0.4 is 31.9 Å². The van der Waals surface area contributed by atoms with Crippen LogP contribution in [0.3, 0.4) is 0 Å². The molecule has 1 aliphatic heterocycles. The Morgan fingerprint density at radius 1 is 0.739 bits per heavy atom. The average Bonchev–Trinajstić information content (AvgIpc) is 2.99. The quantitative estimate of drug-likeness (QED) is 0.190. The fraction of sp³-hybridized carbons (Fsp3) is 0.647. The van der Waals surface area contributed by atoms with Crippen molar-refractivity contribution < 1.29 is 28.8 Å². The molecular formula is C34H54N6O6. The Morgan fingerprint density at radius 3 is 1.91 bits per heavy atom. The van der Waals surface area contributed by atoms with E-state index in [9.17, 15) is 28.8 Å². The van der Waals surface area contributed by atoms with Crippen molar-refractivity contribution in [1.29, 1.82) is 0 Å². The van der Waals surface area contributed by atoms with Gasteiger partial charge in [-0.15, -0.1) is 0 Å². The minimum atomic E-state index is -1.19. The van der Waals surface area contributed by atoms with E-state index in [0.29, 0.717) is 12.8 Å². The SMILES string of the molecule is CCCCCCC(=O)N[C@H]1CNC(=O)[C@H](CC(C)C)NC(=O)[C@@H](C)NC(=O)[C@@H](CC(C)C)NC(=O)[C@H](Cc2ccccc2)NC1=O. The van der Waals surface area contributed by atoms with Crippen LogP contribution >= 0.6 is 0 Å². The monoisotopic (exact) mass is 642 g/mol. The molecule has 6 amide bonds. The van der Waals surface area contributed by atoms with Gasteiger partial charge in [0.05, 0.1) is 0 Å². The summed E-state index contributed by atoms with van der Waals surface area (Å²) in [6.07, 6.45) is 4.44. The molecular weight excluding hydrogens is 588 g/mol. The van der Waals surface area contributed by atoms with Crippen molar-refractivity contribution >= 4 is 35.4 Å². The lowest BCUT2D eigenvalue weighted by Gasteiger charge is -2.28. The summed E-state index contributed by atoms with van der Waals surface area (Å²) in [6, 6.07) is 3.91. The maximum atomic E-state index is 13.7. The molecule has 5 atom stereocenters. The number of carbonyl (C=O) groups is 6. The standard InChI is InChI=1S/C34H54N6O6/c1-7-8-9-13-16-29(41)37-28-20-35-31(43)25(17-21(2)3)38-30(42)23(6)36-32(44)26(18-22(4)5)39-33(45)27(40-34(28)46)19-24-14-11-10-12-15-24/h10-12,14-15,21-23,25-28H,7-9,13,16-20H2,1-6H3,(H,35,43)(H,36,44)(H,37,41)(H,38,42)(H,39,45)(H,40,46)/t23-,25+,26-,27+,28+/m1/s1. The van der Waals surface area contributed by atoms with Crippen molar-refractivity contribution in [2.24, 2.45) is 11.8 Å². The molecule has 1 saturated heterocycles. The molecule has 1 aromatic rings. The summed E-state index contributed by atoms with van der Waals surface area (Å²) in [5, 5.41) is 16.4. The smallest absolute Gasteiger partial charge is 0.245 e. The van der Waals surface area contributed by atoms with Crippen molar-refractivity contribution in [3.63, 3.8) is 0 Å². The van der Waals surface area contributed by atoms with Gasteiger partial charge in [-0.1, -0.05) is 84.2 Å². The van der Waals surface area contributed by atoms with Gasteiger partial charge in [0.25, 0.3) is 0 Å². The topological polar surface area (TPSA) is 175 Å². The first-order valence-corrected chi connectivity index (χ1v) is 16.6. The highest BCUT2D eigenvalue weighted by atomic mass is 16.2. The molecule has 12 heteroatoms. The molecule has 0 unspecified atom stereocenters. The zero-order chi connectivity index (χ0) is 34.2. The number of benzene rings is 1. The molecule has 2 rings (SSSR count). The molecule has 0 bridgehead atoms. The summed E-state index contributed by atoms with van der Waals surface area (Å²) in [5.41, 5.74) is 0.772. The lowest BCUT2D eigenvalue weighted by atomic mass is 10.00. The van der Waals surface area contributed by atoms with Crippen LogP contribution in [-0.4, -0.2) is 72.2 Å². The van der Waals surface area contributed by atoms with Crippen molar-refractivity contribution in [3.05, 3.63) is 35.9 Å². The molecule has 0 radical (unpaired) electrons. The van der Waals surface area contributed by atoms with E-state index in [1.807, 2.05) is 58.0 Å². The second kappa shape index (κ2) is 19.5. The summed E-state index contributed by atoms with van der Waals surface area (Å²) in [6.45, 7) is 11.0. The first-order chi connectivity index (χ1) is 21.8. The fourth-order valence-corrected chi connectivity index (χ4v) is 5.20. The number of rotatable bonds is 12. The van der Waals surface area contributed by atoms with Gasteiger partial charge in [0.15, 0.2) is 0 Å². The van der Waals surface area contributed by atoms with E-state index >= 15 is 0 Å². The fourth-order valence-electron chi connectivity index (χ4n) is 5.20. The van der Waals surface area contributed by atoms with Gasteiger partial charge in [-0.2, -0.15) is 0 Å². The van der Waals surface area contributed by atoms with E-state index < -0.39 is 59.7 Å². The van der Waals surface area contributed by atoms with Crippen LogP contribution in [0.1, 0.15) is 92.1 Å². The zero-order valence-corrected chi connectivity index (χ0v) is 28.2. The summed E-state index contributed by atoms with van der Waals surface area (Å²) < 4.78 is 0. The van der Waals surface area contributed by atoms with E-state index in [-0.39, 0.29) is 43.6 Å². The van der Waals surface area contributed by atoms with Crippen molar-refractivity contribution in [2.75, 3.05) is 6.54 Å². The Balaban J connectivity index is 2.48. The third kappa shape index (κ3) is 13.6. The summed E-state index contributed by atoms with van der Waals surface area (Å²) >= 11 is 0. The Labute approximate surface area is 273 Å². The molecule has 12 nitrogen and oxygen atoms in total. The number of unbranched alkanes of at least 4 members (excludes halogenated alkanes) is 3. The van der Waals surface area contributed by atoms with Gasteiger partial charge in [0.2, 0.25) is 35.4 Å². The van der Waals surface area contributed by atoms with Crippen LogP contribution in [0.5, 0.6) is 0 Å². The van der Waals surface area contributed by atoms with Crippen LogP contribution in [-0.2, 0) is 35.2 Å². The molecule has 256 valence electrons. The van der Waals surface area contributed by atoms with Gasteiger partial charge in [0.1, 0.15) is 30.2 Å². The van der Waals surface area contributed by atoms with E-state index in [1.54, 1.807) is 0 Å². The van der Waals surface area contributed by atoms with Gasteiger partial charge in [0, 0.05) is 19.4 Å². The lowest BCUT2D eigenvalue weighted by Crippen LogP contribution is -2.61. The van der Waals surface area contributed by atoms with E-state index in [0.717, 1.165) is 24.8 Å². The number of amides is 6. The maximum absolute atomic E-state index is 13.7. The van der Waals surface area contributed by atoms with E-state index in [4.69, 9.17) is 0 Å². The zero-order valence-electron chi connectivity index (χ0n) is 28.2. The Hall–Kier alpha value is -3.96. The molecule has 6 N–H and O–H groups in total. The molecule has 1 heterocycles. The van der Waals surface area contributed by atoms with Gasteiger partial charge in [-0.25, -0.2) is 0 Å². The highest BCUT2D eigenvalue weighted by Crippen LogP contribution is 2.10. The first kappa shape index (κ1) is 38.2. The van der Waals surface area contributed by atoms with E-state index in [1.165, 1.54) is 6.92 Å². The normalized spacial score (nSPS) is 23.7. The first-order valence-electron chi connectivity index (χ1n) is 16.6. The van der Waals surface area contributed by atoms with Gasteiger partial charge in [-0.3, -0.25) is 28.8 Å². The Bertz CT molecular complexity index is 1170. The third-order valence-corrected chi connectivity index (χ3v) is 7.74. The second-order valence-corrected chi connectivity index (χ2v) is 13.0. The molecule has 0 spiro atoms. The predicted octanol–water partition coefficient (Wildman–Crippen LogP) is 1.87. The number of carbonyl (C=O) groups excluding carboxylic acids is 6. The molecule has 1 aromatic carbocycles. The minimum Gasteiger partial charge on any atom is -0.352 e. The Kier molecular flexibility index (Phi) is 16.2. The molecule has 0 saturated carbocycles. The van der Waals surface area contributed by atoms with Gasteiger partial charge < -0.3 is 31.9 Å². The van der Waals surface area contributed by atoms with Crippen LogP contribution in [0, 0.1) is 11.8 Å². The minimum absolute atomic E-state index is 0.0176. The third-order valence-electron chi connectivity index (χ3n) is 7.74. The number of nitrogens with one attached hydrogen (secondary N) is 6. The highest BCUT2D eigenvalue weighted by molar-refractivity contribution is 5.97. The summed E-state index contributed by atoms with van der Waals surface area (Å²) in [4.78, 5) is 80.2. The van der Waals surface area contributed by atoms with Crippen molar-refractivity contribution in [1.82, 2.24) is 31.9 Å². The van der Waals surface area contributed by atoms with Crippen molar-refractivity contribution in [3.8, 4) is 0 Å². The lowest BCUT2D eigenvalue weighted by molar-refractivity contribution is -0.136. The number of hydrogen-bond donors (Lipinski definition) is 6. The average molecular weight is 643 g/mol. The molecule has 0 aliphatic carbocycles. The second-order valence-electron chi connectivity index (χ2n) is 13.0. The molecule has 1 fully saturated rings. The summed E-state index contributed by atoms with van der Waals surface area (Å²) in [5.74, 6) is -3.19. The van der Waals surface area contributed by atoms with Gasteiger partial charge >= 0.3 is 0 Å². The molecule has 1 aliphatic rings. The maximum Gasteiger partial charge on any atom is 0.245 e. The van der Waals surface area contributed by atoms with Crippen LogP contribution in [0.15, 0.2) is 30.3 Å². The number of hydrogen-bond acceptors (Lipinski definition) is 6. The largest absolute Gasteiger partial charge is 0.352 e. The van der Waals surface area contributed by atoms with Gasteiger partial charge in [-0.05, 0) is 43.6 Å². The van der Waals surface area contributed by atoms with Crippen molar-refractivity contribution in [2.45, 2.75) is 123 Å². The Morgan fingerprint density at radius 2 is 1.30 bits per heavy atom. The van der Waals surface area contributed by atoms with Crippen LogP contribution in [0.4, 0.5) is 0 Å². The summed E-state index contributed by atoms with van der Waals surface area (Å²) in [7, 11) is 0. The van der Waals surface area contributed by atoms with Crippen LogP contribution in [0.25, 0.3) is 0 Å². The van der Waals surface area contributed by atoms with E-state index in [2.05, 4.69) is 38.8 Å². The molecule has 0 aromatic heterocycles. The highest BCUT2D eigenvalue weighted by Gasteiger charge is 2.33. The predicted molar refractivity (Wildman–Crippen MR) is 176 cm³/mol. The van der Waals surface area contributed by atoms with Crippen LogP contribution in [0.2, 0.25) is 0 Å². The molecule has 46 heavy (non-hydrogen) atoms.